The lowest BCUT2D eigenvalue weighted by Crippen LogP contribution is -2.44. The van der Waals surface area contributed by atoms with E-state index in [0.717, 1.165) is 11.3 Å². The summed E-state index contributed by atoms with van der Waals surface area (Å²) < 4.78 is 20.3. The van der Waals surface area contributed by atoms with E-state index in [9.17, 15) is 14.0 Å². The number of nitrogens with zero attached hydrogens (tertiary/aromatic N) is 2. The third kappa shape index (κ3) is 3.35. The molecule has 3 rings (SSSR count). The molecular weight excluding hydrogens is 323 g/mol. The second kappa shape index (κ2) is 6.80. The number of rotatable bonds is 2. The number of aryl methyl sites for hydroxylation is 2. The van der Waals surface area contributed by atoms with E-state index in [4.69, 9.17) is 4.74 Å². The van der Waals surface area contributed by atoms with Crippen LogP contribution in [0.25, 0.3) is 0 Å². The highest BCUT2D eigenvalue weighted by Gasteiger charge is 2.28. The highest BCUT2D eigenvalue weighted by Crippen LogP contribution is 2.23. The Morgan fingerprint density at radius 1 is 1.24 bits per heavy atom. The number of hydrogen-bond acceptors (Lipinski definition) is 3. The second-order valence-corrected chi connectivity index (χ2v) is 6.37. The number of aromatic nitrogens is 1. The molecule has 1 atom stereocenters. The van der Waals surface area contributed by atoms with Crippen molar-refractivity contribution in [2.75, 3.05) is 19.7 Å². The van der Waals surface area contributed by atoms with Gasteiger partial charge in [-0.1, -0.05) is 12.1 Å². The van der Waals surface area contributed by atoms with Crippen LogP contribution in [0, 0.1) is 19.7 Å². The summed E-state index contributed by atoms with van der Waals surface area (Å²) in [5.41, 5.74) is 2.22. The molecule has 0 spiro atoms. The van der Waals surface area contributed by atoms with Crippen LogP contribution >= 0.6 is 0 Å². The van der Waals surface area contributed by atoms with E-state index >= 15 is 0 Å². The fraction of sp³-hybridized carbons (Fsp3) is 0.368. The van der Waals surface area contributed by atoms with Crippen LogP contribution in [-0.2, 0) is 11.8 Å². The van der Waals surface area contributed by atoms with Crippen LogP contribution in [0.15, 0.2) is 35.1 Å². The van der Waals surface area contributed by atoms with Crippen LogP contribution in [0.1, 0.15) is 33.3 Å². The minimum Gasteiger partial charge on any atom is -0.370 e. The summed E-state index contributed by atoms with van der Waals surface area (Å²) in [5, 5.41) is 0. The van der Waals surface area contributed by atoms with Gasteiger partial charge in [0.15, 0.2) is 0 Å². The van der Waals surface area contributed by atoms with Crippen molar-refractivity contribution in [1.82, 2.24) is 9.47 Å². The molecule has 25 heavy (non-hydrogen) atoms. The molecule has 2 heterocycles. The van der Waals surface area contributed by atoms with E-state index in [-0.39, 0.29) is 29.0 Å². The first-order valence-corrected chi connectivity index (χ1v) is 8.22. The monoisotopic (exact) mass is 344 g/mol. The van der Waals surface area contributed by atoms with Crippen LogP contribution in [-0.4, -0.2) is 35.1 Å². The average Bonchev–Trinajstić information content (AvgIpc) is 2.60. The van der Waals surface area contributed by atoms with Gasteiger partial charge in [-0.25, -0.2) is 4.39 Å². The Bertz CT molecular complexity index is 858. The maximum atomic E-state index is 13.1. The van der Waals surface area contributed by atoms with Gasteiger partial charge < -0.3 is 14.2 Å². The normalized spacial score (nSPS) is 17.6. The molecule has 1 saturated heterocycles. The number of amides is 1. The summed E-state index contributed by atoms with van der Waals surface area (Å²) in [6.45, 7) is 4.74. The molecular formula is C19H21FN2O3. The third-order valence-corrected chi connectivity index (χ3v) is 4.68. The Balaban J connectivity index is 1.87. The maximum Gasteiger partial charge on any atom is 0.263 e. The summed E-state index contributed by atoms with van der Waals surface area (Å²) in [6.07, 6.45) is -0.326. The molecule has 2 aromatic rings. The van der Waals surface area contributed by atoms with E-state index in [0.29, 0.717) is 25.3 Å². The van der Waals surface area contributed by atoms with Gasteiger partial charge in [-0.15, -0.1) is 0 Å². The molecule has 0 saturated carbocycles. The number of carbonyl (C=O) groups is 1. The van der Waals surface area contributed by atoms with E-state index in [2.05, 4.69) is 0 Å². The Hall–Kier alpha value is -2.47. The van der Waals surface area contributed by atoms with Crippen LogP contribution in [0.4, 0.5) is 4.39 Å². The first-order valence-electron chi connectivity index (χ1n) is 8.22. The van der Waals surface area contributed by atoms with E-state index in [1.54, 1.807) is 31.0 Å². The lowest BCUT2D eigenvalue weighted by Gasteiger charge is -2.33. The van der Waals surface area contributed by atoms with Crippen molar-refractivity contribution in [3.05, 3.63) is 68.9 Å². The van der Waals surface area contributed by atoms with Crippen molar-refractivity contribution < 1.29 is 13.9 Å². The van der Waals surface area contributed by atoms with Crippen molar-refractivity contribution in [3.8, 4) is 0 Å². The molecule has 0 radical (unpaired) electrons. The fourth-order valence-corrected chi connectivity index (χ4v) is 3.11. The number of morpholine rings is 1. The zero-order valence-corrected chi connectivity index (χ0v) is 14.6. The van der Waals surface area contributed by atoms with Gasteiger partial charge >= 0.3 is 0 Å². The van der Waals surface area contributed by atoms with Crippen LogP contribution in [0.2, 0.25) is 0 Å². The number of halogens is 1. The molecule has 0 N–H and O–H groups in total. The molecule has 6 heteroatoms. The molecule has 132 valence electrons. The average molecular weight is 344 g/mol. The van der Waals surface area contributed by atoms with Crippen LogP contribution in [0.5, 0.6) is 0 Å². The molecule has 5 nitrogen and oxygen atoms in total. The Kier molecular flexibility index (Phi) is 4.72. The lowest BCUT2D eigenvalue weighted by atomic mass is 10.1. The van der Waals surface area contributed by atoms with E-state index < -0.39 is 0 Å². The second-order valence-electron chi connectivity index (χ2n) is 6.37. The molecule has 1 aromatic heterocycles. The summed E-state index contributed by atoms with van der Waals surface area (Å²) >= 11 is 0. The van der Waals surface area contributed by atoms with Crippen molar-refractivity contribution in [2.24, 2.45) is 7.05 Å². The number of carbonyl (C=O) groups excluding carboxylic acids is 1. The first-order chi connectivity index (χ1) is 11.9. The molecule has 1 fully saturated rings. The minimum atomic E-state index is -0.326. The summed E-state index contributed by atoms with van der Waals surface area (Å²) in [4.78, 5) is 27.1. The van der Waals surface area contributed by atoms with Crippen molar-refractivity contribution in [2.45, 2.75) is 20.0 Å². The topological polar surface area (TPSA) is 51.5 Å². The van der Waals surface area contributed by atoms with Crippen molar-refractivity contribution >= 4 is 5.91 Å². The first kappa shape index (κ1) is 17.4. The smallest absolute Gasteiger partial charge is 0.263 e. The predicted octanol–water partition coefficient (Wildman–Crippen LogP) is 2.35. The predicted molar refractivity (Wildman–Crippen MR) is 92.2 cm³/mol. The third-order valence-electron chi connectivity index (χ3n) is 4.68. The molecule has 0 aliphatic carbocycles. The number of ether oxygens (including phenoxy) is 1. The van der Waals surface area contributed by atoms with Crippen molar-refractivity contribution in [3.63, 3.8) is 0 Å². The summed E-state index contributed by atoms with van der Waals surface area (Å²) in [7, 11) is 1.66. The van der Waals surface area contributed by atoms with Gasteiger partial charge in [0.1, 0.15) is 17.5 Å². The Labute approximate surface area is 145 Å². The number of pyridine rings is 1. The van der Waals surface area contributed by atoms with Gasteiger partial charge in [0, 0.05) is 19.3 Å². The maximum absolute atomic E-state index is 13.1. The zero-order valence-electron chi connectivity index (χ0n) is 14.6. The number of hydrogen-bond donors (Lipinski definition) is 0. The van der Waals surface area contributed by atoms with Crippen molar-refractivity contribution in [1.29, 1.82) is 0 Å². The van der Waals surface area contributed by atoms with E-state index in [1.807, 2.05) is 13.0 Å². The summed E-state index contributed by atoms with van der Waals surface area (Å²) in [5.74, 6) is -0.597. The summed E-state index contributed by atoms with van der Waals surface area (Å²) in [6, 6.07) is 7.90. The largest absolute Gasteiger partial charge is 0.370 e. The standard InChI is InChI=1S/C19H21FN2O3/c1-12-10-13(2)21(3)18(23)17(12)19(24)22-8-9-25-16(11-22)14-4-6-15(20)7-5-14/h4-7,10,16H,8-9,11H2,1-3H3/t16-/m0/s1. The highest BCUT2D eigenvalue weighted by atomic mass is 19.1. The zero-order chi connectivity index (χ0) is 18.1. The highest BCUT2D eigenvalue weighted by molar-refractivity contribution is 5.95. The number of benzene rings is 1. The Morgan fingerprint density at radius 2 is 1.92 bits per heavy atom. The minimum absolute atomic E-state index is 0.202. The molecule has 1 aromatic carbocycles. The molecule has 0 unspecified atom stereocenters. The molecule has 1 aliphatic rings. The Morgan fingerprint density at radius 3 is 2.60 bits per heavy atom. The van der Waals surface area contributed by atoms with Gasteiger partial charge in [-0.05, 0) is 43.2 Å². The van der Waals surface area contributed by atoms with Crippen LogP contribution < -0.4 is 5.56 Å². The molecule has 1 amide bonds. The van der Waals surface area contributed by atoms with Gasteiger partial charge in [0.2, 0.25) is 0 Å². The quantitative estimate of drug-likeness (QED) is 0.840. The van der Waals surface area contributed by atoms with Gasteiger partial charge in [-0.2, -0.15) is 0 Å². The SMILES string of the molecule is Cc1cc(C)n(C)c(=O)c1C(=O)N1CCO[C@H](c2ccc(F)cc2)C1. The van der Waals surface area contributed by atoms with Gasteiger partial charge in [0.25, 0.3) is 11.5 Å². The molecule has 0 bridgehead atoms. The van der Waals surface area contributed by atoms with E-state index in [1.165, 1.54) is 16.7 Å². The lowest BCUT2D eigenvalue weighted by molar-refractivity contribution is -0.0229. The van der Waals surface area contributed by atoms with Gasteiger partial charge in [0.05, 0.1) is 13.2 Å². The fourth-order valence-electron chi connectivity index (χ4n) is 3.11. The van der Waals surface area contributed by atoms with Crippen LogP contribution in [0.3, 0.4) is 0 Å². The van der Waals surface area contributed by atoms with Gasteiger partial charge in [-0.3, -0.25) is 9.59 Å². The molecule has 1 aliphatic heterocycles.